The van der Waals surface area contributed by atoms with E-state index < -0.39 is 6.10 Å². The first-order valence-electron chi connectivity index (χ1n) is 6.67. The maximum atomic E-state index is 9.76. The summed E-state index contributed by atoms with van der Waals surface area (Å²) >= 11 is 0. The van der Waals surface area contributed by atoms with Crippen LogP contribution in [0.3, 0.4) is 0 Å². The molecule has 0 radical (unpaired) electrons. The van der Waals surface area contributed by atoms with Crippen molar-refractivity contribution in [2.45, 2.75) is 26.6 Å². The minimum absolute atomic E-state index is 0.0118. The van der Waals surface area contributed by atoms with Crippen LogP contribution in [0.15, 0.2) is 12.1 Å². The molecule has 2 N–H and O–H groups in total. The average molecular weight is 284 g/mol. The van der Waals surface area contributed by atoms with Crippen molar-refractivity contribution in [3.05, 3.63) is 28.8 Å². The van der Waals surface area contributed by atoms with E-state index in [1.165, 1.54) is 0 Å². The van der Waals surface area contributed by atoms with Gasteiger partial charge < -0.3 is 24.4 Å². The maximum absolute atomic E-state index is 9.76. The summed E-state index contributed by atoms with van der Waals surface area (Å²) in [6, 6.07) is 3.76. The summed E-state index contributed by atoms with van der Waals surface area (Å²) in [7, 11) is 1.60. The number of aliphatic hydroxyl groups is 2. The largest absolute Gasteiger partial charge is 0.490 e. The van der Waals surface area contributed by atoms with Gasteiger partial charge in [0.2, 0.25) is 0 Å². The van der Waals surface area contributed by atoms with Gasteiger partial charge in [-0.15, -0.1) is 0 Å². The summed E-state index contributed by atoms with van der Waals surface area (Å²) in [5.41, 5.74) is 2.75. The van der Waals surface area contributed by atoms with Crippen LogP contribution >= 0.6 is 0 Å². The first kappa shape index (κ1) is 16.9. The highest BCUT2D eigenvalue weighted by atomic mass is 16.5. The Kier molecular flexibility index (Phi) is 7.54. The lowest BCUT2D eigenvalue weighted by Gasteiger charge is -2.16. The van der Waals surface area contributed by atoms with Crippen molar-refractivity contribution in [1.29, 1.82) is 0 Å². The zero-order valence-electron chi connectivity index (χ0n) is 12.4. The highest BCUT2D eigenvalue weighted by molar-refractivity contribution is 5.43. The van der Waals surface area contributed by atoms with Gasteiger partial charge in [0, 0.05) is 7.11 Å². The molecule has 1 aromatic rings. The van der Waals surface area contributed by atoms with E-state index in [0.717, 1.165) is 22.4 Å². The normalized spacial score (nSPS) is 12.4. The number of methoxy groups -OCH3 is 1. The number of rotatable bonds is 9. The van der Waals surface area contributed by atoms with Crippen LogP contribution in [0.25, 0.3) is 0 Å². The zero-order valence-corrected chi connectivity index (χ0v) is 12.4. The standard InChI is InChI=1S/C15H24O5/c1-11-6-13(8-16)7-12(2)15(11)20-10-14(17)9-19-5-4-18-3/h6-7,14,16-17H,4-5,8-10H2,1-3H3. The van der Waals surface area contributed by atoms with E-state index in [1.54, 1.807) is 7.11 Å². The molecule has 5 nitrogen and oxygen atoms in total. The molecule has 1 unspecified atom stereocenters. The predicted octanol–water partition coefficient (Wildman–Crippen LogP) is 1.20. The van der Waals surface area contributed by atoms with Crippen LogP contribution < -0.4 is 4.74 Å². The van der Waals surface area contributed by atoms with Crippen LogP contribution in [0, 0.1) is 13.8 Å². The third kappa shape index (κ3) is 5.46. The quantitative estimate of drug-likeness (QED) is 0.667. The van der Waals surface area contributed by atoms with Crippen LogP contribution in [0.4, 0.5) is 0 Å². The summed E-state index contributed by atoms with van der Waals surface area (Å²) in [5.74, 6) is 0.748. The Morgan fingerprint density at radius 1 is 1.10 bits per heavy atom. The molecule has 1 atom stereocenters. The fraction of sp³-hybridized carbons (Fsp3) is 0.600. The Bertz CT molecular complexity index is 382. The van der Waals surface area contributed by atoms with E-state index >= 15 is 0 Å². The molecule has 0 fully saturated rings. The van der Waals surface area contributed by atoms with E-state index in [0.29, 0.717) is 13.2 Å². The SMILES string of the molecule is COCCOCC(O)COc1c(C)cc(CO)cc1C. The number of hydrogen-bond acceptors (Lipinski definition) is 5. The molecule has 20 heavy (non-hydrogen) atoms. The molecule has 0 aliphatic carbocycles. The Labute approximate surface area is 120 Å². The molecule has 114 valence electrons. The Morgan fingerprint density at radius 2 is 1.75 bits per heavy atom. The van der Waals surface area contributed by atoms with Gasteiger partial charge in [-0.3, -0.25) is 0 Å². The smallest absolute Gasteiger partial charge is 0.125 e. The van der Waals surface area contributed by atoms with Crippen molar-refractivity contribution in [1.82, 2.24) is 0 Å². The van der Waals surface area contributed by atoms with E-state index in [9.17, 15) is 5.11 Å². The third-order valence-electron chi connectivity index (χ3n) is 2.86. The molecule has 5 heteroatoms. The summed E-state index contributed by atoms with van der Waals surface area (Å²) in [5, 5.41) is 18.9. The summed E-state index contributed by atoms with van der Waals surface area (Å²) in [4.78, 5) is 0. The van der Waals surface area contributed by atoms with E-state index in [4.69, 9.17) is 19.3 Å². The lowest BCUT2D eigenvalue weighted by molar-refractivity contribution is -0.00437. The van der Waals surface area contributed by atoms with Crippen LogP contribution in [-0.4, -0.2) is 49.9 Å². The monoisotopic (exact) mass is 284 g/mol. The highest BCUT2D eigenvalue weighted by Crippen LogP contribution is 2.25. The fourth-order valence-corrected chi connectivity index (χ4v) is 1.95. The van der Waals surface area contributed by atoms with Crippen LogP contribution in [0.2, 0.25) is 0 Å². The first-order valence-corrected chi connectivity index (χ1v) is 6.67. The molecule has 0 aliphatic rings. The van der Waals surface area contributed by atoms with Gasteiger partial charge in [0.15, 0.2) is 0 Å². The summed E-state index contributed by atoms with van der Waals surface area (Å²) in [6.07, 6.45) is -0.678. The maximum Gasteiger partial charge on any atom is 0.125 e. The van der Waals surface area contributed by atoms with E-state index in [1.807, 2.05) is 26.0 Å². The predicted molar refractivity (Wildman–Crippen MR) is 76.0 cm³/mol. The Balaban J connectivity index is 2.45. The second kappa shape index (κ2) is 8.92. The minimum Gasteiger partial charge on any atom is -0.490 e. The van der Waals surface area contributed by atoms with Crippen molar-refractivity contribution < 1.29 is 24.4 Å². The van der Waals surface area contributed by atoms with Gasteiger partial charge >= 0.3 is 0 Å². The second-order valence-electron chi connectivity index (χ2n) is 4.75. The molecule has 1 aromatic carbocycles. The van der Waals surface area contributed by atoms with E-state index in [-0.39, 0.29) is 19.8 Å². The van der Waals surface area contributed by atoms with E-state index in [2.05, 4.69) is 0 Å². The Morgan fingerprint density at radius 3 is 2.30 bits per heavy atom. The van der Waals surface area contributed by atoms with Gasteiger partial charge in [0.05, 0.1) is 26.4 Å². The van der Waals surface area contributed by atoms with Gasteiger partial charge in [0.25, 0.3) is 0 Å². The molecule has 0 amide bonds. The van der Waals surface area contributed by atoms with Crippen molar-refractivity contribution in [2.24, 2.45) is 0 Å². The molecule has 0 spiro atoms. The number of ether oxygens (including phenoxy) is 3. The third-order valence-corrected chi connectivity index (χ3v) is 2.86. The highest BCUT2D eigenvalue weighted by Gasteiger charge is 2.10. The Hall–Kier alpha value is -1.14. The molecule has 0 heterocycles. The van der Waals surface area contributed by atoms with Crippen molar-refractivity contribution >= 4 is 0 Å². The van der Waals surface area contributed by atoms with Crippen LogP contribution in [0.1, 0.15) is 16.7 Å². The lowest BCUT2D eigenvalue weighted by Crippen LogP contribution is -2.24. The molecule has 0 bridgehead atoms. The number of aryl methyl sites for hydroxylation is 2. The first-order chi connectivity index (χ1) is 9.58. The zero-order chi connectivity index (χ0) is 15.0. The van der Waals surface area contributed by atoms with Crippen molar-refractivity contribution in [3.63, 3.8) is 0 Å². The molecule has 0 saturated carbocycles. The molecular weight excluding hydrogens is 260 g/mol. The molecule has 0 aromatic heterocycles. The topological polar surface area (TPSA) is 68.2 Å². The second-order valence-corrected chi connectivity index (χ2v) is 4.75. The fourth-order valence-electron chi connectivity index (χ4n) is 1.95. The van der Waals surface area contributed by atoms with Gasteiger partial charge in [-0.1, -0.05) is 12.1 Å². The number of benzene rings is 1. The summed E-state index contributed by atoms with van der Waals surface area (Å²) in [6.45, 7) is 5.21. The summed E-state index contributed by atoms with van der Waals surface area (Å²) < 4.78 is 15.7. The van der Waals surface area contributed by atoms with Crippen molar-refractivity contribution in [2.75, 3.05) is 33.5 Å². The van der Waals surface area contributed by atoms with Crippen molar-refractivity contribution in [3.8, 4) is 5.75 Å². The average Bonchev–Trinajstić information content (AvgIpc) is 2.42. The van der Waals surface area contributed by atoms with Gasteiger partial charge in [-0.05, 0) is 30.5 Å². The molecule has 0 saturated heterocycles. The molecule has 0 aliphatic heterocycles. The van der Waals surface area contributed by atoms with Gasteiger partial charge in [-0.2, -0.15) is 0 Å². The molecular formula is C15H24O5. The number of aliphatic hydroxyl groups excluding tert-OH is 2. The minimum atomic E-state index is -0.678. The van der Waals surface area contributed by atoms with Gasteiger partial charge in [0.1, 0.15) is 18.5 Å². The number of hydrogen-bond donors (Lipinski definition) is 2. The van der Waals surface area contributed by atoms with Gasteiger partial charge in [-0.25, -0.2) is 0 Å². The molecule has 1 rings (SSSR count). The lowest BCUT2D eigenvalue weighted by atomic mass is 10.1. The van der Waals surface area contributed by atoms with Crippen LogP contribution in [0.5, 0.6) is 5.75 Å². The van der Waals surface area contributed by atoms with Crippen LogP contribution in [-0.2, 0) is 16.1 Å².